The van der Waals surface area contributed by atoms with Crippen LogP contribution >= 0.6 is 0 Å². The van der Waals surface area contributed by atoms with E-state index in [2.05, 4.69) is 5.10 Å². The van der Waals surface area contributed by atoms with E-state index in [0.717, 1.165) is 12.1 Å². The van der Waals surface area contributed by atoms with Crippen molar-refractivity contribution in [2.45, 2.75) is 38.1 Å². The summed E-state index contributed by atoms with van der Waals surface area (Å²) in [6.07, 6.45) is 5.45. The van der Waals surface area contributed by atoms with Gasteiger partial charge in [-0.2, -0.15) is 5.10 Å². The molecule has 0 bridgehead atoms. The van der Waals surface area contributed by atoms with Crippen LogP contribution in [0.15, 0.2) is 35.5 Å². The molecule has 0 saturated heterocycles. The Morgan fingerprint density at radius 3 is 2.75 bits per heavy atom. The molecule has 1 aromatic heterocycles. The average Bonchev–Trinajstić information content (AvgIpc) is 3.22. The molecule has 7 heteroatoms. The van der Waals surface area contributed by atoms with Crippen LogP contribution in [0.25, 0.3) is 0 Å². The molecule has 2 aromatic rings. The molecule has 0 amide bonds. The highest BCUT2D eigenvalue weighted by molar-refractivity contribution is 7.92. The van der Waals surface area contributed by atoms with Crippen LogP contribution in [-0.4, -0.2) is 31.9 Å². The SMILES string of the molecule is CCN(c1cc(C)ccc1OC)S(=O)(=O)c1cnn(CC2CC2)c1. The molecule has 1 heterocycles. The predicted molar refractivity (Wildman–Crippen MR) is 92.9 cm³/mol. The lowest BCUT2D eigenvalue weighted by Gasteiger charge is -2.24. The maximum atomic E-state index is 13.1. The Balaban J connectivity index is 1.96. The van der Waals surface area contributed by atoms with Gasteiger partial charge in [-0.05, 0) is 50.3 Å². The monoisotopic (exact) mass is 349 g/mol. The number of hydrogen-bond donors (Lipinski definition) is 0. The van der Waals surface area contributed by atoms with Gasteiger partial charge in [0.15, 0.2) is 0 Å². The minimum absolute atomic E-state index is 0.216. The first-order valence-corrected chi connectivity index (χ1v) is 9.59. The van der Waals surface area contributed by atoms with Gasteiger partial charge in [0.1, 0.15) is 10.6 Å². The van der Waals surface area contributed by atoms with Crippen molar-refractivity contribution >= 4 is 15.7 Å². The van der Waals surface area contributed by atoms with E-state index in [1.165, 1.54) is 23.3 Å². The van der Waals surface area contributed by atoms with E-state index in [0.29, 0.717) is 23.9 Å². The molecular formula is C17H23N3O3S. The summed E-state index contributed by atoms with van der Waals surface area (Å²) in [5, 5.41) is 4.21. The standard InChI is InChI=1S/C17H23N3O3S/c1-4-20(16-9-13(2)5-8-17(16)23-3)24(21,22)15-10-18-19(12-15)11-14-6-7-14/h5,8-10,12,14H,4,6-7,11H2,1-3H3. The summed E-state index contributed by atoms with van der Waals surface area (Å²) in [7, 11) is -2.13. The normalized spacial score (nSPS) is 14.6. The lowest BCUT2D eigenvalue weighted by Crippen LogP contribution is -2.31. The lowest BCUT2D eigenvalue weighted by atomic mass is 10.2. The summed E-state index contributed by atoms with van der Waals surface area (Å²) < 4.78 is 34.6. The number of methoxy groups -OCH3 is 1. The van der Waals surface area contributed by atoms with Crippen molar-refractivity contribution in [3.05, 3.63) is 36.2 Å². The third-order valence-corrected chi connectivity index (χ3v) is 6.07. The highest BCUT2D eigenvalue weighted by Crippen LogP contribution is 2.34. The third-order valence-electron chi connectivity index (χ3n) is 4.23. The average molecular weight is 349 g/mol. The van der Waals surface area contributed by atoms with Crippen LogP contribution in [-0.2, 0) is 16.6 Å². The molecular weight excluding hydrogens is 326 g/mol. The van der Waals surface area contributed by atoms with Crippen molar-refractivity contribution in [2.75, 3.05) is 18.0 Å². The lowest BCUT2D eigenvalue weighted by molar-refractivity contribution is 0.415. The number of anilines is 1. The molecule has 0 N–H and O–H groups in total. The van der Waals surface area contributed by atoms with Crippen molar-refractivity contribution < 1.29 is 13.2 Å². The number of sulfonamides is 1. The van der Waals surface area contributed by atoms with E-state index in [1.54, 1.807) is 24.1 Å². The summed E-state index contributed by atoms with van der Waals surface area (Å²) >= 11 is 0. The fraction of sp³-hybridized carbons (Fsp3) is 0.471. The molecule has 0 unspecified atom stereocenters. The van der Waals surface area contributed by atoms with E-state index < -0.39 is 10.0 Å². The van der Waals surface area contributed by atoms with Crippen molar-refractivity contribution in [1.29, 1.82) is 0 Å². The van der Waals surface area contributed by atoms with Gasteiger partial charge in [0.05, 0.1) is 19.0 Å². The summed E-state index contributed by atoms with van der Waals surface area (Å²) in [6.45, 7) is 4.84. The molecule has 3 rings (SSSR count). The van der Waals surface area contributed by atoms with Crippen LogP contribution in [0.5, 0.6) is 5.75 Å². The maximum absolute atomic E-state index is 13.1. The Hall–Kier alpha value is -2.02. The van der Waals surface area contributed by atoms with E-state index >= 15 is 0 Å². The minimum atomic E-state index is -3.68. The van der Waals surface area contributed by atoms with Crippen molar-refractivity contribution in [1.82, 2.24) is 9.78 Å². The molecule has 0 radical (unpaired) electrons. The largest absolute Gasteiger partial charge is 0.495 e. The summed E-state index contributed by atoms with van der Waals surface area (Å²) in [6, 6.07) is 5.52. The molecule has 1 fully saturated rings. The molecule has 1 aromatic carbocycles. The zero-order valence-corrected chi connectivity index (χ0v) is 15.1. The maximum Gasteiger partial charge on any atom is 0.267 e. The highest BCUT2D eigenvalue weighted by Gasteiger charge is 2.28. The first-order valence-electron chi connectivity index (χ1n) is 8.15. The smallest absolute Gasteiger partial charge is 0.267 e. The Morgan fingerprint density at radius 2 is 2.12 bits per heavy atom. The topological polar surface area (TPSA) is 64.4 Å². The second-order valence-corrected chi connectivity index (χ2v) is 8.05. The van der Waals surface area contributed by atoms with Gasteiger partial charge in [-0.1, -0.05) is 6.07 Å². The number of aryl methyl sites for hydroxylation is 1. The van der Waals surface area contributed by atoms with E-state index in [1.807, 2.05) is 26.0 Å². The Morgan fingerprint density at radius 1 is 1.38 bits per heavy atom. The number of nitrogens with zero attached hydrogens (tertiary/aromatic N) is 3. The quantitative estimate of drug-likeness (QED) is 0.771. The van der Waals surface area contributed by atoms with Gasteiger partial charge in [-0.3, -0.25) is 8.99 Å². The third kappa shape index (κ3) is 3.26. The molecule has 1 aliphatic rings. The zero-order valence-electron chi connectivity index (χ0n) is 14.3. The van der Waals surface area contributed by atoms with Gasteiger partial charge in [0.2, 0.25) is 0 Å². The van der Waals surface area contributed by atoms with Crippen LogP contribution in [0.1, 0.15) is 25.3 Å². The van der Waals surface area contributed by atoms with Crippen LogP contribution < -0.4 is 9.04 Å². The van der Waals surface area contributed by atoms with Gasteiger partial charge in [-0.15, -0.1) is 0 Å². The molecule has 0 aliphatic heterocycles. The van der Waals surface area contributed by atoms with Gasteiger partial charge in [-0.25, -0.2) is 8.42 Å². The first-order chi connectivity index (χ1) is 11.5. The highest BCUT2D eigenvalue weighted by atomic mass is 32.2. The summed E-state index contributed by atoms with van der Waals surface area (Å²) in [5.41, 5.74) is 1.53. The molecule has 24 heavy (non-hydrogen) atoms. The number of benzene rings is 1. The number of ether oxygens (including phenoxy) is 1. The van der Waals surface area contributed by atoms with Gasteiger partial charge < -0.3 is 4.74 Å². The second kappa shape index (κ2) is 6.47. The Kier molecular flexibility index (Phi) is 4.54. The van der Waals surface area contributed by atoms with Crippen molar-refractivity contribution in [3.63, 3.8) is 0 Å². The Bertz CT molecular complexity index is 825. The summed E-state index contributed by atoms with van der Waals surface area (Å²) in [4.78, 5) is 0.216. The van der Waals surface area contributed by atoms with Crippen LogP contribution in [0.4, 0.5) is 5.69 Å². The number of rotatable bonds is 7. The fourth-order valence-electron chi connectivity index (χ4n) is 2.73. The first kappa shape index (κ1) is 16.8. The molecule has 1 saturated carbocycles. The number of aromatic nitrogens is 2. The molecule has 130 valence electrons. The van der Waals surface area contributed by atoms with Crippen LogP contribution in [0.3, 0.4) is 0 Å². The molecule has 0 atom stereocenters. The van der Waals surface area contributed by atoms with Crippen LogP contribution in [0, 0.1) is 12.8 Å². The van der Waals surface area contributed by atoms with E-state index in [4.69, 9.17) is 4.74 Å². The number of hydrogen-bond acceptors (Lipinski definition) is 4. The van der Waals surface area contributed by atoms with Crippen molar-refractivity contribution in [3.8, 4) is 5.75 Å². The van der Waals surface area contributed by atoms with E-state index in [-0.39, 0.29) is 4.90 Å². The van der Waals surface area contributed by atoms with Gasteiger partial charge in [0.25, 0.3) is 10.0 Å². The summed E-state index contributed by atoms with van der Waals surface area (Å²) in [5.74, 6) is 1.18. The molecule has 0 spiro atoms. The van der Waals surface area contributed by atoms with Crippen LogP contribution in [0.2, 0.25) is 0 Å². The van der Waals surface area contributed by atoms with Gasteiger partial charge in [0, 0.05) is 19.3 Å². The molecule has 6 nitrogen and oxygen atoms in total. The van der Waals surface area contributed by atoms with Crippen molar-refractivity contribution in [2.24, 2.45) is 5.92 Å². The predicted octanol–water partition coefficient (Wildman–Crippen LogP) is 2.83. The Labute approximate surface area is 143 Å². The molecule has 1 aliphatic carbocycles. The van der Waals surface area contributed by atoms with E-state index in [9.17, 15) is 8.42 Å². The zero-order chi connectivity index (χ0) is 17.3. The minimum Gasteiger partial charge on any atom is -0.495 e. The fourth-order valence-corrected chi connectivity index (χ4v) is 4.17. The van der Waals surface area contributed by atoms with Gasteiger partial charge >= 0.3 is 0 Å². The second-order valence-electron chi connectivity index (χ2n) is 6.19.